The molecule has 0 radical (unpaired) electrons. The van der Waals surface area contributed by atoms with Gasteiger partial charge in [0.2, 0.25) is 5.95 Å². The first-order valence-corrected chi connectivity index (χ1v) is 8.55. The number of nitrogens with one attached hydrogen (secondary N) is 2. The number of nitriles is 1. The van der Waals surface area contributed by atoms with E-state index in [1.165, 1.54) is 12.4 Å². The van der Waals surface area contributed by atoms with Crippen molar-refractivity contribution in [2.24, 2.45) is 0 Å². The summed E-state index contributed by atoms with van der Waals surface area (Å²) in [7, 11) is 0. The van der Waals surface area contributed by atoms with E-state index in [2.05, 4.69) is 25.3 Å². The van der Waals surface area contributed by atoms with Crippen LogP contribution in [-0.2, 0) is 12.7 Å². The number of fused-ring (bicyclic) bond motifs is 1. The molecule has 0 amide bonds. The minimum atomic E-state index is -4.53. The molecular weight excluding hydrogens is 381 g/mol. The van der Waals surface area contributed by atoms with Gasteiger partial charge in [0.05, 0.1) is 23.0 Å². The Labute approximate surface area is 163 Å². The highest BCUT2D eigenvalue weighted by molar-refractivity contribution is 5.94. The van der Waals surface area contributed by atoms with Crippen LogP contribution in [0.2, 0.25) is 0 Å². The Balaban J connectivity index is 1.75. The molecule has 0 saturated heterocycles. The zero-order chi connectivity index (χ0) is 20.4. The Morgan fingerprint density at radius 3 is 2.62 bits per heavy atom. The zero-order valence-corrected chi connectivity index (χ0v) is 14.8. The number of alkyl halides is 3. The van der Waals surface area contributed by atoms with Crippen LogP contribution >= 0.6 is 0 Å². The van der Waals surface area contributed by atoms with Gasteiger partial charge in [-0.05, 0) is 11.6 Å². The molecule has 0 spiro atoms. The standard InChI is InChI=1S/C20H13F3N6/c21-20(22,23)14-6-15-16(11-26-18(15)25-10-14)17-13(7-24)9-28-19(29-17)27-8-12-4-2-1-3-5-12/h1-6,9-11H,8H2,(H,25,26)(H,27,28,29). The Bertz CT molecular complexity index is 1210. The van der Waals surface area contributed by atoms with Crippen LogP contribution in [0.3, 0.4) is 0 Å². The minimum absolute atomic E-state index is 0.147. The van der Waals surface area contributed by atoms with Gasteiger partial charge in [-0.2, -0.15) is 18.4 Å². The van der Waals surface area contributed by atoms with Crippen molar-refractivity contribution in [1.29, 1.82) is 5.26 Å². The molecule has 0 fully saturated rings. The van der Waals surface area contributed by atoms with Gasteiger partial charge in [-0.1, -0.05) is 30.3 Å². The molecule has 1 aromatic carbocycles. The summed E-state index contributed by atoms with van der Waals surface area (Å²) in [5.74, 6) is 0.261. The van der Waals surface area contributed by atoms with Crippen molar-refractivity contribution < 1.29 is 13.2 Å². The lowest BCUT2D eigenvalue weighted by Gasteiger charge is -2.09. The molecule has 0 unspecified atom stereocenters. The highest BCUT2D eigenvalue weighted by atomic mass is 19.4. The molecule has 4 aromatic rings. The normalized spacial score (nSPS) is 11.4. The molecule has 2 N–H and O–H groups in total. The molecule has 6 nitrogen and oxygen atoms in total. The Hall–Kier alpha value is -3.93. The van der Waals surface area contributed by atoms with Gasteiger partial charge < -0.3 is 10.3 Å². The van der Waals surface area contributed by atoms with Gasteiger partial charge in [-0.25, -0.2) is 15.0 Å². The Morgan fingerprint density at radius 1 is 1.10 bits per heavy atom. The average Bonchev–Trinajstić information content (AvgIpc) is 3.15. The van der Waals surface area contributed by atoms with Gasteiger partial charge >= 0.3 is 6.18 Å². The fourth-order valence-corrected chi connectivity index (χ4v) is 2.89. The first-order valence-electron chi connectivity index (χ1n) is 8.55. The summed E-state index contributed by atoms with van der Waals surface area (Å²) in [4.78, 5) is 15.1. The number of aromatic amines is 1. The molecule has 0 atom stereocenters. The lowest BCUT2D eigenvalue weighted by Crippen LogP contribution is -2.06. The minimum Gasteiger partial charge on any atom is -0.350 e. The van der Waals surface area contributed by atoms with E-state index in [4.69, 9.17) is 0 Å². The fourth-order valence-electron chi connectivity index (χ4n) is 2.89. The summed E-state index contributed by atoms with van der Waals surface area (Å²) in [5, 5.41) is 12.7. The Morgan fingerprint density at radius 2 is 1.90 bits per heavy atom. The van der Waals surface area contributed by atoms with Crippen molar-refractivity contribution in [3.05, 3.63) is 71.7 Å². The second-order valence-corrected chi connectivity index (χ2v) is 6.23. The third kappa shape index (κ3) is 3.73. The first-order chi connectivity index (χ1) is 14.0. The molecule has 0 aliphatic carbocycles. The summed E-state index contributed by atoms with van der Waals surface area (Å²) in [6.45, 7) is 0.458. The van der Waals surface area contributed by atoms with Gasteiger partial charge in [0.1, 0.15) is 11.7 Å². The number of anilines is 1. The van der Waals surface area contributed by atoms with Crippen LogP contribution in [0.5, 0.6) is 0 Å². The van der Waals surface area contributed by atoms with Crippen LogP contribution in [0.25, 0.3) is 22.3 Å². The van der Waals surface area contributed by atoms with Crippen LogP contribution in [0.1, 0.15) is 16.7 Å². The van der Waals surface area contributed by atoms with Gasteiger partial charge in [0, 0.05) is 29.9 Å². The van der Waals surface area contributed by atoms with Crippen molar-refractivity contribution in [2.75, 3.05) is 5.32 Å². The number of rotatable bonds is 4. The maximum atomic E-state index is 13.1. The molecule has 0 saturated carbocycles. The zero-order valence-electron chi connectivity index (χ0n) is 14.8. The van der Waals surface area contributed by atoms with Gasteiger partial charge in [0.15, 0.2) is 0 Å². The number of hydrogen-bond acceptors (Lipinski definition) is 5. The number of halogens is 3. The quantitative estimate of drug-likeness (QED) is 0.531. The summed E-state index contributed by atoms with van der Waals surface area (Å²) < 4.78 is 39.3. The van der Waals surface area contributed by atoms with Crippen molar-refractivity contribution in [1.82, 2.24) is 19.9 Å². The van der Waals surface area contributed by atoms with Gasteiger partial charge in [-0.15, -0.1) is 0 Å². The summed E-state index contributed by atoms with van der Waals surface area (Å²) >= 11 is 0. The maximum Gasteiger partial charge on any atom is 0.417 e. The van der Waals surface area contributed by atoms with E-state index in [0.717, 1.165) is 17.8 Å². The van der Waals surface area contributed by atoms with Crippen LogP contribution in [0, 0.1) is 11.3 Å². The van der Waals surface area contributed by atoms with E-state index in [1.54, 1.807) is 0 Å². The van der Waals surface area contributed by atoms with Crippen molar-refractivity contribution >= 4 is 17.0 Å². The summed E-state index contributed by atoms with van der Waals surface area (Å²) in [5.41, 5.74) is 1.13. The largest absolute Gasteiger partial charge is 0.417 e. The summed E-state index contributed by atoms with van der Waals surface area (Å²) in [6, 6.07) is 12.6. The predicted octanol–water partition coefficient (Wildman–Crippen LogP) is 4.52. The van der Waals surface area contributed by atoms with Crippen LogP contribution in [-0.4, -0.2) is 19.9 Å². The van der Waals surface area contributed by atoms with E-state index in [0.29, 0.717) is 12.1 Å². The molecule has 0 aliphatic heterocycles. The van der Waals surface area contributed by atoms with Gasteiger partial charge in [-0.3, -0.25) is 0 Å². The molecule has 4 rings (SSSR count). The SMILES string of the molecule is N#Cc1cnc(NCc2ccccc2)nc1-c1c[nH]c2ncc(C(F)(F)F)cc12. The van der Waals surface area contributed by atoms with Crippen molar-refractivity contribution in [3.63, 3.8) is 0 Å². The van der Waals surface area contributed by atoms with Crippen molar-refractivity contribution in [3.8, 4) is 17.3 Å². The van der Waals surface area contributed by atoms with E-state index < -0.39 is 11.7 Å². The highest BCUT2D eigenvalue weighted by Crippen LogP contribution is 2.34. The molecule has 144 valence electrons. The smallest absolute Gasteiger partial charge is 0.350 e. The van der Waals surface area contributed by atoms with E-state index in [9.17, 15) is 18.4 Å². The maximum absolute atomic E-state index is 13.1. The predicted molar refractivity (Wildman–Crippen MR) is 101 cm³/mol. The van der Waals surface area contributed by atoms with E-state index in [-0.39, 0.29) is 28.2 Å². The number of aromatic nitrogens is 4. The lowest BCUT2D eigenvalue weighted by atomic mass is 10.1. The fraction of sp³-hybridized carbons (Fsp3) is 0.100. The van der Waals surface area contributed by atoms with Crippen LogP contribution < -0.4 is 5.32 Å². The molecule has 3 aromatic heterocycles. The third-order valence-electron chi connectivity index (χ3n) is 4.32. The molecule has 3 heterocycles. The number of benzene rings is 1. The lowest BCUT2D eigenvalue weighted by molar-refractivity contribution is -0.137. The topological polar surface area (TPSA) is 90.3 Å². The molecule has 0 aliphatic rings. The third-order valence-corrected chi connectivity index (χ3v) is 4.32. The monoisotopic (exact) mass is 394 g/mol. The van der Waals surface area contributed by atoms with Crippen LogP contribution in [0.4, 0.5) is 19.1 Å². The second kappa shape index (κ2) is 7.24. The molecule has 9 heteroatoms. The van der Waals surface area contributed by atoms with Crippen molar-refractivity contribution in [2.45, 2.75) is 12.7 Å². The second-order valence-electron chi connectivity index (χ2n) is 6.23. The summed E-state index contributed by atoms with van der Waals surface area (Å²) in [6.07, 6.45) is -0.931. The first kappa shape index (κ1) is 18.4. The van der Waals surface area contributed by atoms with Gasteiger partial charge in [0.25, 0.3) is 0 Å². The molecular formula is C20H13F3N6. The van der Waals surface area contributed by atoms with Crippen LogP contribution in [0.15, 0.2) is 55.0 Å². The molecule has 0 bridgehead atoms. The number of pyridine rings is 1. The highest BCUT2D eigenvalue weighted by Gasteiger charge is 2.31. The van der Waals surface area contributed by atoms with E-state index in [1.807, 2.05) is 36.4 Å². The average molecular weight is 394 g/mol. The Kier molecular flexibility index (Phi) is 4.60. The van der Waals surface area contributed by atoms with E-state index >= 15 is 0 Å². The molecule has 29 heavy (non-hydrogen) atoms. The number of H-pyrrole nitrogens is 1. The number of nitrogens with zero attached hydrogens (tertiary/aromatic N) is 4. The number of hydrogen-bond donors (Lipinski definition) is 2.